The summed E-state index contributed by atoms with van der Waals surface area (Å²) in [6.45, 7) is 1.79. The number of ketones is 1. The van der Waals surface area contributed by atoms with E-state index < -0.39 is 22.0 Å². The van der Waals surface area contributed by atoms with Crippen molar-refractivity contribution in [3.8, 4) is 0 Å². The molecular formula is C25H29N3O6S2. The molecule has 1 amide bonds. The van der Waals surface area contributed by atoms with E-state index in [2.05, 4.69) is 23.3 Å². The van der Waals surface area contributed by atoms with Gasteiger partial charge in [-0.05, 0) is 49.2 Å². The minimum Gasteiger partial charge on any atom is -0.462 e. The lowest BCUT2D eigenvalue weighted by Gasteiger charge is -2.21. The Morgan fingerprint density at radius 1 is 1.08 bits per heavy atom. The second kappa shape index (κ2) is 12.8. The van der Waals surface area contributed by atoms with Crippen molar-refractivity contribution in [3.05, 3.63) is 71.1 Å². The van der Waals surface area contributed by atoms with Crippen molar-refractivity contribution < 1.29 is 27.5 Å². The molecule has 0 spiro atoms. The zero-order valence-electron chi connectivity index (χ0n) is 19.8. The average molecular weight is 532 g/mol. The predicted octanol–water partition coefficient (Wildman–Crippen LogP) is 2.33. The fraction of sp³-hybridized carbons (Fsp3) is 0.320. The van der Waals surface area contributed by atoms with Crippen molar-refractivity contribution in [2.45, 2.75) is 24.6 Å². The summed E-state index contributed by atoms with van der Waals surface area (Å²) in [6.07, 6.45) is 1.78. The van der Waals surface area contributed by atoms with Crippen molar-refractivity contribution in [1.29, 1.82) is 0 Å². The van der Waals surface area contributed by atoms with E-state index in [1.165, 1.54) is 10.4 Å². The first-order valence-corrected chi connectivity index (χ1v) is 13.4. The van der Waals surface area contributed by atoms with Crippen LogP contribution >= 0.6 is 12.6 Å². The lowest BCUT2D eigenvalue weighted by molar-refractivity contribution is -0.121. The zero-order chi connectivity index (χ0) is 26.1. The number of esters is 1. The quantitative estimate of drug-likeness (QED) is 0.301. The first-order chi connectivity index (χ1) is 17.2. The van der Waals surface area contributed by atoms with Crippen LogP contribution in [0.2, 0.25) is 0 Å². The molecule has 1 saturated heterocycles. The summed E-state index contributed by atoms with van der Waals surface area (Å²) in [5, 5.41) is 6.27. The number of Topliss-reactive ketones (excluding diaryl/α,β-unsaturated/α-hetero) is 1. The Hall–Kier alpha value is -2.99. The molecule has 0 bridgehead atoms. The summed E-state index contributed by atoms with van der Waals surface area (Å²) < 4.78 is 31.9. The fourth-order valence-electron chi connectivity index (χ4n) is 3.69. The largest absolute Gasteiger partial charge is 0.462 e. The van der Waals surface area contributed by atoms with Gasteiger partial charge in [0.25, 0.3) is 0 Å². The maximum absolute atomic E-state index is 12.9. The number of nitrogens with zero attached hydrogens (tertiary/aromatic N) is 1. The molecule has 0 radical (unpaired) electrons. The highest BCUT2D eigenvalue weighted by molar-refractivity contribution is 7.92. The van der Waals surface area contributed by atoms with Crippen LogP contribution in [-0.4, -0.2) is 67.9 Å². The molecule has 0 aliphatic carbocycles. The summed E-state index contributed by atoms with van der Waals surface area (Å²) in [4.78, 5) is 36.7. The van der Waals surface area contributed by atoms with Crippen molar-refractivity contribution in [1.82, 2.24) is 9.62 Å². The molecule has 0 saturated carbocycles. The van der Waals surface area contributed by atoms with Gasteiger partial charge in [0, 0.05) is 22.9 Å². The van der Waals surface area contributed by atoms with Gasteiger partial charge in [-0.2, -0.15) is 16.9 Å². The van der Waals surface area contributed by atoms with Crippen LogP contribution in [0.15, 0.2) is 60.0 Å². The van der Waals surface area contributed by atoms with E-state index in [1.807, 2.05) is 6.07 Å². The third-order valence-electron chi connectivity index (χ3n) is 5.43. The number of hydrogen-bond acceptors (Lipinski definition) is 8. The molecule has 1 aliphatic heterocycles. The van der Waals surface area contributed by atoms with Crippen molar-refractivity contribution >= 4 is 52.1 Å². The van der Waals surface area contributed by atoms with Gasteiger partial charge in [0.1, 0.15) is 0 Å². The Morgan fingerprint density at radius 3 is 2.44 bits per heavy atom. The lowest BCUT2D eigenvalue weighted by atomic mass is 10.1. The highest BCUT2D eigenvalue weighted by Crippen LogP contribution is 2.26. The third kappa shape index (κ3) is 7.76. The molecule has 192 valence electrons. The van der Waals surface area contributed by atoms with Gasteiger partial charge in [0.15, 0.2) is 5.78 Å². The Balaban J connectivity index is 1.51. The molecular weight excluding hydrogens is 502 g/mol. The lowest BCUT2D eigenvalue weighted by Crippen LogP contribution is -2.44. The normalized spacial score (nSPS) is 18.3. The number of anilines is 1. The summed E-state index contributed by atoms with van der Waals surface area (Å²) >= 11 is 4.39. The zero-order valence-corrected chi connectivity index (χ0v) is 21.5. The molecule has 1 heterocycles. The molecule has 36 heavy (non-hydrogen) atoms. The number of amides is 1. The minimum absolute atomic E-state index is 0.128. The SMILES string of the molecule is CCOC(=O)c1ccc(NC(=O)CNCC(=O)C2CC(S)CN2S(=O)(=O)/C=C/c2ccccc2)cc1. The Morgan fingerprint density at radius 2 is 1.78 bits per heavy atom. The van der Waals surface area contributed by atoms with Crippen LogP contribution < -0.4 is 10.6 Å². The number of ether oxygens (including phenoxy) is 1. The van der Waals surface area contributed by atoms with Crippen LogP contribution in [0.5, 0.6) is 0 Å². The second-order valence-electron chi connectivity index (χ2n) is 8.15. The summed E-state index contributed by atoms with van der Waals surface area (Å²) in [5.74, 6) is -1.17. The molecule has 2 atom stereocenters. The smallest absolute Gasteiger partial charge is 0.338 e. The molecule has 9 nitrogen and oxygen atoms in total. The van der Waals surface area contributed by atoms with Crippen LogP contribution in [0, 0.1) is 0 Å². The number of rotatable bonds is 11. The van der Waals surface area contributed by atoms with Crippen LogP contribution in [0.1, 0.15) is 29.3 Å². The summed E-state index contributed by atoms with van der Waals surface area (Å²) in [7, 11) is -3.84. The molecule has 2 aromatic carbocycles. The standard InChI is InChI=1S/C25H29N3O6S2/c1-2-34-25(31)19-8-10-20(11-9-19)27-24(30)16-26-15-23(29)22-14-21(35)17-28(22)36(32,33)13-12-18-6-4-3-5-7-18/h3-13,21-22,26,35H,2,14-17H2,1H3,(H,27,30)/b13-12+. The van der Waals surface area contributed by atoms with Crippen molar-refractivity contribution in [3.63, 3.8) is 0 Å². The Kier molecular flexibility index (Phi) is 9.82. The summed E-state index contributed by atoms with van der Waals surface area (Å²) in [5.41, 5.74) is 1.59. The number of benzene rings is 2. The summed E-state index contributed by atoms with van der Waals surface area (Å²) in [6, 6.07) is 14.4. The van der Waals surface area contributed by atoms with Crippen molar-refractivity contribution in [2.24, 2.45) is 0 Å². The average Bonchev–Trinajstić information content (AvgIpc) is 3.27. The third-order valence-corrected chi connectivity index (χ3v) is 7.34. The highest BCUT2D eigenvalue weighted by Gasteiger charge is 2.40. The number of thiol groups is 1. The molecule has 0 aromatic heterocycles. The molecule has 2 N–H and O–H groups in total. The van der Waals surface area contributed by atoms with E-state index >= 15 is 0 Å². The molecule has 1 fully saturated rings. The Labute approximate surface area is 216 Å². The van der Waals surface area contributed by atoms with Gasteiger partial charge in [-0.3, -0.25) is 9.59 Å². The number of nitrogens with one attached hydrogen (secondary N) is 2. The topological polar surface area (TPSA) is 122 Å². The van der Waals surface area contributed by atoms with Gasteiger partial charge in [-0.25, -0.2) is 13.2 Å². The van der Waals surface area contributed by atoms with E-state index in [1.54, 1.807) is 55.5 Å². The number of carbonyl (C=O) groups is 3. The maximum atomic E-state index is 12.9. The monoisotopic (exact) mass is 531 g/mol. The van der Waals surface area contributed by atoms with E-state index in [0.29, 0.717) is 17.7 Å². The van der Waals surface area contributed by atoms with Gasteiger partial charge in [-0.15, -0.1) is 0 Å². The van der Waals surface area contributed by atoms with Gasteiger partial charge in [0.05, 0.1) is 31.3 Å². The minimum atomic E-state index is -3.84. The Bertz CT molecular complexity index is 1200. The van der Waals surface area contributed by atoms with Crippen LogP contribution in [0.25, 0.3) is 6.08 Å². The van der Waals surface area contributed by atoms with Gasteiger partial charge in [0.2, 0.25) is 15.9 Å². The molecule has 2 aromatic rings. The van der Waals surface area contributed by atoms with Crippen molar-refractivity contribution in [2.75, 3.05) is 31.6 Å². The highest BCUT2D eigenvalue weighted by atomic mass is 32.2. The number of hydrogen-bond donors (Lipinski definition) is 3. The van der Waals surface area contributed by atoms with Gasteiger partial charge >= 0.3 is 5.97 Å². The molecule has 11 heteroatoms. The number of sulfonamides is 1. The van der Waals surface area contributed by atoms with Gasteiger partial charge < -0.3 is 15.4 Å². The fourth-order valence-corrected chi connectivity index (χ4v) is 5.61. The molecule has 1 aliphatic rings. The van der Waals surface area contributed by atoms with E-state index in [-0.39, 0.29) is 43.2 Å². The van der Waals surface area contributed by atoms with Crippen LogP contribution in [-0.2, 0) is 24.3 Å². The predicted molar refractivity (Wildman–Crippen MR) is 141 cm³/mol. The van der Waals surface area contributed by atoms with E-state index in [0.717, 1.165) is 11.0 Å². The molecule has 2 unspecified atom stereocenters. The van der Waals surface area contributed by atoms with Gasteiger partial charge in [-0.1, -0.05) is 30.3 Å². The first-order valence-electron chi connectivity index (χ1n) is 11.4. The van der Waals surface area contributed by atoms with Crippen LogP contribution in [0.3, 0.4) is 0 Å². The second-order valence-corrected chi connectivity index (χ2v) is 10.7. The maximum Gasteiger partial charge on any atom is 0.338 e. The molecule has 3 rings (SSSR count). The van der Waals surface area contributed by atoms with Crippen LogP contribution in [0.4, 0.5) is 5.69 Å². The number of carbonyl (C=O) groups excluding carboxylic acids is 3. The van der Waals surface area contributed by atoms with E-state index in [9.17, 15) is 22.8 Å². The first kappa shape index (κ1) is 27.6. The van der Waals surface area contributed by atoms with E-state index in [4.69, 9.17) is 4.74 Å².